The lowest BCUT2D eigenvalue weighted by molar-refractivity contribution is 0.692. The second kappa shape index (κ2) is 3.76. The van der Waals surface area contributed by atoms with E-state index in [1.54, 1.807) is 0 Å². The van der Waals surface area contributed by atoms with Gasteiger partial charge < -0.3 is 10.6 Å². The van der Waals surface area contributed by atoms with E-state index in [0.29, 0.717) is 12.1 Å². The first-order chi connectivity index (χ1) is 7.09. The Morgan fingerprint density at radius 3 is 2.40 bits per heavy atom. The van der Waals surface area contributed by atoms with Crippen molar-refractivity contribution >= 4 is 11.4 Å². The molecule has 0 amide bonds. The Hall–Kier alpha value is -1.18. The fourth-order valence-corrected chi connectivity index (χ4v) is 2.57. The van der Waals surface area contributed by atoms with Crippen molar-refractivity contribution in [2.75, 3.05) is 10.6 Å². The maximum atomic E-state index is 5.86. The van der Waals surface area contributed by atoms with Crippen LogP contribution in [0.5, 0.6) is 0 Å². The predicted molar refractivity (Wildman–Crippen MR) is 66.2 cm³/mol. The van der Waals surface area contributed by atoms with Crippen molar-refractivity contribution in [3.05, 3.63) is 23.8 Å². The summed E-state index contributed by atoms with van der Waals surface area (Å²) in [6, 6.07) is 7.47. The summed E-state index contributed by atoms with van der Waals surface area (Å²) in [6.07, 6.45) is 2.57. The molecule has 1 aliphatic heterocycles. The molecule has 2 N–H and O–H groups in total. The maximum Gasteiger partial charge on any atom is 0.0421 e. The highest BCUT2D eigenvalue weighted by molar-refractivity contribution is 5.62. The van der Waals surface area contributed by atoms with Gasteiger partial charge in [0.1, 0.15) is 0 Å². The van der Waals surface area contributed by atoms with E-state index in [9.17, 15) is 0 Å². The number of hydrogen-bond donors (Lipinski definition) is 1. The third kappa shape index (κ3) is 1.81. The zero-order chi connectivity index (χ0) is 11.0. The minimum Gasteiger partial charge on any atom is -0.399 e. The van der Waals surface area contributed by atoms with Crippen molar-refractivity contribution in [2.45, 2.75) is 45.7 Å². The second-order valence-electron chi connectivity index (χ2n) is 4.73. The summed E-state index contributed by atoms with van der Waals surface area (Å²) in [5.74, 6) is 0. The molecule has 0 saturated carbocycles. The van der Waals surface area contributed by atoms with Gasteiger partial charge in [-0.2, -0.15) is 0 Å². The molecule has 2 rings (SSSR count). The monoisotopic (exact) mass is 204 g/mol. The SMILES string of the molecule is Cc1ccc(N)cc1N1[C@@H](C)CC[C@@H]1C. The van der Waals surface area contributed by atoms with Gasteiger partial charge in [0.25, 0.3) is 0 Å². The molecule has 0 aromatic heterocycles. The van der Waals surface area contributed by atoms with Gasteiger partial charge in [0.15, 0.2) is 0 Å². The van der Waals surface area contributed by atoms with Crippen LogP contribution < -0.4 is 10.6 Å². The van der Waals surface area contributed by atoms with Crippen molar-refractivity contribution in [3.8, 4) is 0 Å². The molecule has 1 aromatic rings. The van der Waals surface area contributed by atoms with Crippen LogP contribution in [0.2, 0.25) is 0 Å². The smallest absolute Gasteiger partial charge is 0.0421 e. The van der Waals surface area contributed by atoms with Crippen molar-refractivity contribution in [2.24, 2.45) is 0 Å². The average Bonchev–Trinajstić information content (AvgIpc) is 2.51. The third-order valence-corrected chi connectivity index (χ3v) is 3.46. The van der Waals surface area contributed by atoms with Gasteiger partial charge in [-0.3, -0.25) is 0 Å². The number of rotatable bonds is 1. The highest BCUT2D eigenvalue weighted by Crippen LogP contribution is 2.33. The van der Waals surface area contributed by atoms with Crippen molar-refractivity contribution in [3.63, 3.8) is 0 Å². The Morgan fingerprint density at radius 1 is 1.20 bits per heavy atom. The molecule has 1 heterocycles. The summed E-state index contributed by atoms with van der Waals surface area (Å²) < 4.78 is 0. The summed E-state index contributed by atoms with van der Waals surface area (Å²) in [7, 11) is 0. The normalized spacial score (nSPS) is 25.9. The van der Waals surface area contributed by atoms with Crippen LogP contribution in [0, 0.1) is 6.92 Å². The second-order valence-corrected chi connectivity index (χ2v) is 4.73. The van der Waals surface area contributed by atoms with E-state index in [-0.39, 0.29) is 0 Å². The fraction of sp³-hybridized carbons (Fsp3) is 0.538. The van der Waals surface area contributed by atoms with Crippen LogP contribution in [0.4, 0.5) is 11.4 Å². The van der Waals surface area contributed by atoms with Crippen LogP contribution in [0.1, 0.15) is 32.3 Å². The maximum absolute atomic E-state index is 5.86. The first kappa shape index (κ1) is 10.3. The van der Waals surface area contributed by atoms with Crippen LogP contribution >= 0.6 is 0 Å². The number of nitrogen functional groups attached to an aromatic ring is 1. The molecule has 0 spiro atoms. The summed E-state index contributed by atoms with van der Waals surface area (Å²) in [5, 5.41) is 0. The Balaban J connectivity index is 2.39. The van der Waals surface area contributed by atoms with E-state index in [1.807, 2.05) is 6.07 Å². The van der Waals surface area contributed by atoms with Gasteiger partial charge >= 0.3 is 0 Å². The molecule has 82 valence electrons. The van der Waals surface area contributed by atoms with E-state index in [0.717, 1.165) is 5.69 Å². The van der Waals surface area contributed by atoms with E-state index in [4.69, 9.17) is 5.73 Å². The molecule has 0 radical (unpaired) electrons. The first-order valence-electron chi connectivity index (χ1n) is 5.74. The quantitative estimate of drug-likeness (QED) is 0.713. The number of hydrogen-bond acceptors (Lipinski definition) is 2. The number of nitrogens with zero attached hydrogens (tertiary/aromatic N) is 1. The minimum absolute atomic E-state index is 0.639. The molecule has 2 heteroatoms. The van der Waals surface area contributed by atoms with Crippen molar-refractivity contribution in [1.29, 1.82) is 0 Å². The molecule has 1 fully saturated rings. The topological polar surface area (TPSA) is 29.3 Å². The summed E-state index contributed by atoms with van der Waals surface area (Å²) in [5.41, 5.74) is 9.36. The highest BCUT2D eigenvalue weighted by Gasteiger charge is 2.28. The molecule has 1 aliphatic rings. The number of anilines is 2. The molecule has 0 bridgehead atoms. The van der Waals surface area contributed by atoms with Crippen LogP contribution in [0.25, 0.3) is 0 Å². The minimum atomic E-state index is 0.639. The highest BCUT2D eigenvalue weighted by atomic mass is 15.2. The van der Waals surface area contributed by atoms with Gasteiger partial charge in [0.05, 0.1) is 0 Å². The molecule has 15 heavy (non-hydrogen) atoms. The molecular weight excluding hydrogens is 184 g/mol. The largest absolute Gasteiger partial charge is 0.399 e. The van der Waals surface area contributed by atoms with Crippen LogP contribution in [-0.4, -0.2) is 12.1 Å². The van der Waals surface area contributed by atoms with Gasteiger partial charge in [-0.25, -0.2) is 0 Å². The molecule has 0 unspecified atom stereocenters. The van der Waals surface area contributed by atoms with E-state index >= 15 is 0 Å². The fourth-order valence-electron chi connectivity index (χ4n) is 2.57. The molecule has 0 aliphatic carbocycles. The molecule has 2 nitrogen and oxygen atoms in total. The Morgan fingerprint density at radius 2 is 1.80 bits per heavy atom. The van der Waals surface area contributed by atoms with Crippen LogP contribution in [-0.2, 0) is 0 Å². The van der Waals surface area contributed by atoms with Crippen molar-refractivity contribution < 1.29 is 0 Å². The summed E-state index contributed by atoms with van der Waals surface area (Å²) >= 11 is 0. The number of nitrogens with two attached hydrogens (primary N) is 1. The molecule has 2 atom stereocenters. The van der Waals surface area contributed by atoms with Crippen LogP contribution in [0.3, 0.4) is 0 Å². The predicted octanol–water partition coefficient (Wildman–Crippen LogP) is 2.95. The Labute approximate surface area is 92.1 Å². The Kier molecular flexibility index (Phi) is 2.59. The first-order valence-corrected chi connectivity index (χ1v) is 5.74. The van der Waals surface area contributed by atoms with Gasteiger partial charge in [-0.15, -0.1) is 0 Å². The lowest BCUT2D eigenvalue weighted by Gasteiger charge is -2.30. The van der Waals surface area contributed by atoms with Gasteiger partial charge in [0, 0.05) is 23.5 Å². The zero-order valence-electron chi connectivity index (χ0n) is 9.83. The average molecular weight is 204 g/mol. The lowest BCUT2D eigenvalue weighted by Crippen LogP contribution is -2.33. The van der Waals surface area contributed by atoms with E-state index < -0.39 is 0 Å². The third-order valence-electron chi connectivity index (χ3n) is 3.46. The number of aryl methyl sites for hydroxylation is 1. The van der Waals surface area contributed by atoms with E-state index in [2.05, 4.69) is 37.8 Å². The number of benzene rings is 1. The van der Waals surface area contributed by atoms with Crippen molar-refractivity contribution in [1.82, 2.24) is 0 Å². The van der Waals surface area contributed by atoms with Gasteiger partial charge in [0.2, 0.25) is 0 Å². The van der Waals surface area contributed by atoms with Gasteiger partial charge in [-0.05, 0) is 51.3 Å². The van der Waals surface area contributed by atoms with E-state index in [1.165, 1.54) is 24.1 Å². The molecule has 1 aromatic carbocycles. The lowest BCUT2D eigenvalue weighted by atomic mass is 10.1. The summed E-state index contributed by atoms with van der Waals surface area (Å²) in [6.45, 7) is 6.75. The Bertz CT molecular complexity index is 350. The molecule has 1 saturated heterocycles. The van der Waals surface area contributed by atoms with Crippen LogP contribution in [0.15, 0.2) is 18.2 Å². The van der Waals surface area contributed by atoms with Gasteiger partial charge in [-0.1, -0.05) is 6.07 Å². The molecular formula is C13H20N2. The zero-order valence-corrected chi connectivity index (χ0v) is 9.83. The summed E-state index contributed by atoms with van der Waals surface area (Å²) in [4.78, 5) is 2.51. The standard InChI is InChI=1S/C13H20N2/c1-9-4-7-12(14)8-13(9)15-10(2)5-6-11(15)3/h4,7-8,10-11H,5-6,14H2,1-3H3/t10-,11-/m0/s1.